The Labute approximate surface area is 154 Å². The molecule has 138 valence electrons. The first-order valence-corrected chi connectivity index (χ1v) is 12.6. The van der Waals surface area contributed by atoms with E-state index in [1.807, 2.05) is 0 Å². The highest BCUT2D eigenvalue weighted by atomic mass is 28.2. The van der Waals surface area contributed by atoms with Crippen LogP contribution in [0.1, 0.15) is 79.1 Å². The molecule has 1 aromatic carbocycles. The monoisotopic (exact) mass is 366 g/mol. The highest BCUT2D eigenvalue weighted by Gasteiger charge is 2.09. The predicted molar refractivity (Wildman–Crippen MR) is 112 cm³/mol. The fourth-order valence-corrected chi connectivity index (χ4v) is 5.45. The van der Waals surface area contributed by atoms with Crippen molar-refractivity contribution >= 4 is 29.9 Å². The summed E-state index contributed by atoms with van der Waals surface area (Å²) in [7, 11) is -1.17. The van der Waals surface area contributed by atoms with Crippen LogP contribution in [-0.4, -0.2) is 31.7 Å². The van der Waals surface area contributed by atoms with Crippen molar-refractivity contribution in [3.8, 4) is 0 Å². The minimum absolute atomic E-state index is 0.480. The highest BCUT2D eigenvalue weighted by molar-refractivity contribution is 6.49. The molecule has 1 aromatic rings. The van der Waals surface area contributed by atoms with Crippen molar-refractivity contribution in [2.75, 3.05) is 0 Å². The number of benzene rings is 1. The van der Waals surface area contributed by atoms with Crippen molar-refractivity contribution < 1.29 is 8.85 Å². The lowest BCUT2D eigenvalue weighted by molar-refractivity contribution is 0.191. The van der Waals surface area contributed by atoms with E-state index in [2.05, 4.69) is 52.0 Å². The van der Waals surface area contributed by atoms with Gasteiger partial charge in [-0.25, -0.2) is 0 Å². The third-order valence-corrected chi connectivity index (χ3v) is 7.32. The molecule has 0 aliphatic rings. The molecule has 0 aliphatic heterocycles. The molecule has 1 rings (SSSR count). The summed E-state index contributed by atoms with van der Waals surface area (Å²) in [6.45, 7) is 8.99. The second-order valence-electron chi connectivity index (χ2n) is 6.84. The molecule has 0 aliphatic carbocycles. The molecule has 0 amide bonds. The molecule has 0 aromatic heterocycles. The van der Waals surface area contributed by atoms with Gasteiger partial charge in [0, 0.05) is 12.2 Å². The van der Waals surface area contributed by atoms with Gasteiger partial charge in [0.2, 0.25) is 0 Å². The molecule has 0 atom stereocenters. The zero-order valence-corrected chi connectivity index (χ0v) is 19.2. The second kappa shape index (κ2) is 13.8. The molecule has 0 saturated carbocycles. The van der Waals surface area contributed by atoms with Gasteiger partial charge in [0.1, 0.15) is 0 Å². The minimum atomic E-state index is -0.587. The molecule has 0 saturated heterocycles. The lowest BCUT2D eigenvalue weighted by atomic mass is 10.1. The van der Waals surface area contributed by atoms with Gasteiger partial charge >= 0.3 is 0 Å². The van der Waals surface area contributed by atoms with Crippen LogP contribution in [0.2, 0.25) is 0 Å². The lowest BCUT2D eigenvalue weighted by Gasteiger charge is -2.18. The van der Waals surface area contributed by atoms with Crippen molar-refractivity contribution in [3.05, 3.63) is 24.3 Å². The third-order valence-electron chi connectivity index (χ3n) is 4.44. The Morgan fingerprint density at radius 1 is 0.625 bits per heavy atom. The Balaban J connectivity index is 2.41. The van der Waals surface area contributed by atoms with Crippen molar-refractivity contribution in [2.24, 2.45) is 0 Å². The van der Waals surface area contributed by atoms with E-state index in [0.717, 1.165) is 0 Å². The SMILES string of the molecule is CCCC(CCC)O[SiH2]c1ccc([SiH2]OC(CCC)CCC)cc1. The summed E-state index contributed by atoms with van der Waals surface area (Å²) in [6, 6.07) is 9.12. The van der Waals surface area contributed by atoms with E-state index in [4.69, 9.17) is 8.85 Å². The van der Waals surface area contributed by atoms with Gasteiger partial charge in [0.15, 0.2) is 19.5 Å². The van der Waals surface area contributed by atoms with Gasteiger partial charge in [-0.3, -0.25) is 0 Å². The topological polar surface area (TPSA) is 18.5 Å². The number of hydrogen-bond donors (Lipinski definition) is 0. The lowest BCUT2D eigenvalue weighted by Crippen LogP contribution is -2.28. The Bertz CT molecular complexity index is 358. The van der Waals surface area contributed by atoms with E-state index in [0.29, 0.717) is 12.2 Å². The van der Waals surface area contributed by atoms with Gasteiger partial charge in [-0.1, -0.05) is 77.6 Å². The van der Waals surface area contributed by atoms with E-state index in [-0.39, 0.29) is 0 Å². The first kappa shape index (κ1) is 21.6. The van der Waals surface area contributed by atoms with Crippen LogP contribution in [-0.2, 0) is 8.85 Å². The maximum absolute atomic E-state index is 6.23. The van der Waals surface area contributed by atoms with Gasteiger partial charge in [0.05, 0.1) is 0 Å². The van der Waals surface area contributed by atoms with Crippen molar-refractivity contribution in [3.63, 3.8) is 0 Å². The highest BCUT2D eigenvalue weighted by Crippen LogP contribution is 2.09. The van der Waals surface area contributed by atoms with Crippen LogP contribution in [0.15, 0.2) is 24.3 Å². The van der Waals surface area contributed by atoms with E-state index >= 15 is 0 Å². The second-order valence-corrected chi connectivity index (χ2v) is 9.71. The Morgan fingerprint density at radius 3 is 1.17 bits per heavy atom. The minimum Gasteiger partial charge on any atom is -0.416 e. The van der Waals surface area contributed by atoms with Crippen molar-refractivity contribution in [1.82, 2.24) is 0 Å². The van der Waals surface area contributed by atoms with Crippen LogP contribution in [0.5, 0.6) is 0 Å². The zero-order chi connectivity index (χ0) is 17.6. The molecular formula is C20H38O2Si2. The number of rotatable bonds is 14. The standard InChI is InChI=1S/C20H38O2Si2/c1-5-9-17(10-6-2)21-23-19-13-15-20(16-14-19)24-22-18(11-7-3)12-8-4/h13-18H,5-12,23-24H2,1-4H3. The van der Waals surface area contributed by atoms with Crippen LogP contribution < -0.4 is 10.4 Å². The molecule has 0 spiro atoms. The van der Waals surface area contributed by atoms with Gasteiger partial charge in [-0.2, -0.15) is 0 Å². The summed E-state index contributed by atoms with van der Waals surface area (Å²) in [5.41, 5.74) is 0. The third kappa shape index (κ3) is 9.16. The van der Waals surface area contributed by atoms with Crippen LogP contribution in [0.3, 0.4) is 0 Å². The Kier molecular flexibility index (Phi) is 12.4. The van der Waals surface area contributed by atoms with Crippen LogP contribution >= 0.6 is 0 Å². The average molecular weight is 367 g/mol. The van der Waals surface area contributed by atoms with Gasteiger partial charge in [-0.05, 0) is 36.1 Å². The molecule has 0 fully saturated rings. The summed E-state index contributed by atoms with van der Waals surface area (Å²) < 4.78 is 12.5. The first-order chi connectivity index (χ1) is 11.7. The predicted octanol–water partition coefficient (Wildman–Crippen LogP) is 3.08. The quantitative estimate of drug-likeness (QED) is 0.471. The van der Waals surface area contributed by atoms with Crippen LogP contribution in [0.25, 0.3) is 0 Å². The Hall–Kier alpha value is -0.426. The molecular weight excluding hydrogens is 328 g/mol. The summed E-state index contributed by atoms with van der Waals surface area (Å²) in [5.74, 6) is 0. The van der Waals surface area contributed by atoms with Gasteiger partial charge in [0.25, 0.3) is 0 Å². The van der Waals surface area contributed by atoms with Gasteiger partial charge < -0.3 is 8.85 Å². The van der Waals surface area contributed by atoms with Gasteiger partial charge in [-0.15, -0.1) is 0 Å². The fraction of sp³-hybridized carbons (Fsp3) is 0.700. The summed E-state index contributed by atoms with van der Waals surface area (Å²) in [4.78, 5) is 0. The van der Waals surface area contributed by atoms with Crippen molar-refractivity contribution in [1.29, 1.82) is 0 Å². The van der Waals surface area contributed by atoms with Crippen LogP contribution in [0.4, 0.5) is 0 Å². The van der Waals surface area contributed by atoms with Crippen molar-refractivity contribution in [2.45, 2.75) is 91.3 Å². The summed E-state index contributed by atoms with van der Waals surface area (Å²) in [5, 5.41) is 2.84. The fourth-order valence-electron chi connectivity index (χ4n) is 3.07. The largest absolute Gasteiger partial charge is 0.416 e. The molecule has 4 heteroatoms. The van der Waals surface area contributed by atoms with E-state index in [1.54, 1.807) is 0 Å². The van der Waals surface area contributed by atoms with E-state index < -0.39 is 19.5 Å². The molecule has 24 heavy (non-hydrogen) atoms. The first-order valence-electron chi connectivity index (χ1n) is 10.0. The van der Waals surface area contributed by atoms with E-state index in [9.17, 15) is 0 Å². The smallest absolute Gasteiger partial charge is 0.192 e. The van der Waals surface area contributed by atoms with Crippen LogP contribution in [0, 0.1) is 0 Å². The molecule has 0 heterocycles. The molecule has 0 unspecified atom stereocenters. The summed E-state index contributed by atoms with van der Waals surface area (Å²) >= 11 is 0. The summed E-state index contributed by atoms with van der Waals surface area (Å²) in [6.07, 6.45) is 10.7. The van der Waals surface area contributed by atoms with E-state index in [1.165, 1.54) is 61.7 Å². The maximum Gasteiger partial charge on any atom is 0.192 e. The molecule has 0 radical (unpaired) electrons. The maximum atomic E-state index is 6.23. The molecule has 0 bridgehead atoms. The zero-order valence-electron chi connectivity index (χ0n) is 16.4. The number of hydrogen-bond acceptors (Lipinski definition) is 2. The molecule has 0 N–H and O–H groups in total. The molecule has 2 nitrogen and oxygen atoms in total. The average Bonchev–Trinajstić information content (AvgIpc) is 2.59. The Morgan fingerprint density at radius 2 is 0.917 bits per heavy atom. The normalized spacial score (nSPS) is 12.6.